The molecule has 5 nitrogen and oxygen atoms in total. The number of nitrogens with one attached hydrogen (secondary N) is 1. The Bertz CT molecular complexity index is 647. The first-order chi connectivity index (χ1) is 11.0. The SMILES string of the molecule is O=C(CN1C(=O)/C(=C/c2ccc(F)cc2)SC1=S)NCCCO. The molecule has 0 bridgehead atoms. The lowest BCUT2D eigenvalue weighted by Crippen LogP contribution is -2.39. The van der Waals surface area contributed by atoms with Crippen molar-refractivity contribution in [2.45, 2.75) is 6.42 Å². The number of carbonyl (C=O) groups is 2. The predicted octanol–water partition coefficient (Wildman–Crippen LogP) is 1.53. The number of hydrogen-bond donors (Lipinski definition) is 2. The molecule has 8 heteroatoms. The van der Waals surface area contributed by atoms with Crippen LogP contribution in [-0.2, 0) is 9.59 Å². The van der Waals surface area contributed by atoms with Crippen molar-refractivity contribution in [1.82, 2.24) is 10.2 Å². The number of rotatable bonds is 6. The molecule has 1 aromatic carbocycles. The van der Waals surface area contributed by atoms with Gasteiger partial charge in [0.2, 0.25) is 5.91 Å². The molecule has 1 fully saturated rings. The highest BCUT2D eigenvalue weighted by molar-refractivity contribution is 8.26. The van der Waals surface area contributed by atoms with E-state index in [4.69, 9.17) is 17.3 Å². The zero-order valence-corrected chi connectivity index (χ0v) is 13.8. The first-order valence-electron chi connectivity index (χ1n) is 6.90. The maximum Gasteiger partial charge on any atom is 0.266 e. The number of aliphatic hydroxyl groups excluding tert-OH is 1. The number of halogens is 1. The van der Waals surface area contributed by atoms with Crippen LogP contribution in [0.3, 0.4) is 0 Å². The Morgan fingerprint density at radius 2 is 2.09 bits per heavy atom. The summed E-state index contributed by atoms with van der Waals surface area (Å²) < 4.78 is 13.2. The highest BCUT2D eigenvalue weighted by Crippen LogP contribution is 2.32. The third-order valence-corrected chi connectivity index (χ3v) is 4.38. The second kappa shape index (κ2) is 8.19. The average molecular weight is 354 g/mol. The number of thiocarbonyl (C=S) groups is 1. The van der Waals surface area contributed by atoms with Gasteiger partial charge in [0.05, 0.1) is 4.91 Å². The van der Waals surface area contributed by atoms with Gasteiger partial charge in [0, 0.05) is 13.2 Å². The Kier molecular flexibility index (Phi) is 6.26. The van der Waals surface area contributed by atoms with Crippen LogP contribution in [-0.4, -0.2) is 45.8 Å². The van der Waals surface area contributed by atoms with Gasteiger partial charge in [-0.3, -0.25) is 14.5 Å². The Labute approximate surface area is 142 Å². The molecule has 1 aliphatic rings. The van der Waals surface area contributed by atoms with Gasteiger partial charge in [-0.15, -0.1) is 0 Å². The Hall–Kier alpha value is -1.77. The molecule has 2 rings (SSSR count). The second-order valence-corrected chi connectivity index (χ2v) is 6.42. The maximum absolute atomic E-state index is 12.9. The lowest BCUT2D eigenvalue weighted by atomic mass is 10.2. The largest absolute Gasteiger partial charge is 0.396 e. The number of aliphatic hydroxyl groups is 1. The zero-order valence-electron chi connectivity index (χ0n) is 12.1. The van der Waals surface area contributed by atoms with Crippen molar-refractivity contribution in [2.75, 3.05) is 19.7 Å². The molecule has 0 saturated carbocycles. The molecule has 0 unspecified atom stereocenters. The van der Waals surface area contributed by atoms with Gasteiger partial charge in [0.1, 0.15) is 16.7 Å². The Morgan fingerprint density at radius 1 is 1.39 bits per heavy atom. The molecule has 2 N–H and O–H groups in total. The van der Waals surface area contributed by atoms with E-state index in [0.717, 1.165) is 11.8 Å². The summed E-state index contributed by atoms with van der Waals surface area (Å²) >= 11 is 6.24. The fourth-order valence-corrected chi connectivity index (χ4v) is 3.11. The quantitative estimate of drug-likeness (QED) is 0.461. The van der Waals surface area contributed by atoms with Crippen LogP contribution < -0.4 is 5.32 Å². The van der Waals surface area contributed by atoms with Crippen LogP contribution in [0.4, 0.5) is 4.39 Å². The fourth-order valence-electron chi connectivity index (χ4n) is 1.85. The van der Waals surface area contributed by atoms with Gasteiger partial charge in [-0.1, -0.05) is 36.1 Å². The van der Waals surface area contributed by atoms with Gasteiger partial charge >= 0.3 is 0 Å². The van der Waals surface area contributed by atoms with E-state index < -0.39 is 0 Å². The van der Waals surface area contributed by atoms with Crippen LogP contribution in [0.25, 0.3) is 6.08 Å². The Balaban J connectivity index is 2.02. The third kappa shape index (κ3) is 4.85. The van der Waals surface area contributed by atoms with E-state index in [2.05, 4.69) is 5.32 Å². The molecular weight excluding hydrogens is 339 g/mol. The van der Waals surface area contributed by atoms with Gasteiger partial charge in [-0.05, 0) is 30.2 Å². The van der Waals surface area contributed by atoms with Crippen molar-refractivity contribution in [1.29, 1.82) is 0 Å². The minimum Gasteiger partial charge on any atom is -0.396 e. The predicted molar refractivity (Wildman–Crippen MR) is 91.0 cm³/mol. The number of carbonyl (C=O) groups excluding carboxylic acids is 2. The van der Waals surface area contributed by atoms with E-state index in [9.17, 15) is 14.0 Å². The molecule has 0 aliphatic carbocycles. The fraction of sp³-hybridized carbons (Fsp3) is 0.267. The van der Waals surface area contributed by atoms with E-state index in [1.54, 1.807) is 18.2 Å². The van der Waals surface area contributed by atoms with Crippen LogP contribution in [0.1, 0.15) is 12.0 Å². The van der Waals surface area contributed by atoms with E-state index >= 15 is 0 Å². The number of amides is 2. The van der Waals surface area contributed by atoms with E-state index in [0.29, 0.717) is 27.8 Å². The number of nitrogens with zero attached hydrogens (tertiary/aromatic N) is 1. The van der Waals surface area contributed by atoms with Gasteiger partial charge in [-0.25, -0.2) is 4.39 Å². The molecular formula is C15H15FN2O3S2. The lowest BCUT2D eigenvalue weighted by Gasteiger charge is -2.13. The molecule has 23 heavy (non-hydrogen) atoms. The molecule has 0 radical (unpaired) electrons. The van der Waals surface area contributed by atoms with Crippen LogP contribution in [0.5, 0.6) is 0 Å². The summed E-state index contributed by atoms with van der Waals surface area (Å²) in [7, 11) is 0. The molecule has 1 heterocycles. The first kappa shape index (κ1) is 17.6. The summed E-state index contributed by atoms with van der Waals surface area (Å²) in [5.74, 6) is -1.03. The topological polar surface area (TPSA) is 69.6 Å². The van der Waals surface area contributed by atoms with Crippen molar-refractivity contribution >= 4 is 46.2 Å². The summed E-state index contributed by atoms with van der Waals surface area (Å²) in [4.78, 5) is 25.7. The molecule has 2 amide bonds. The number of thioether (sulfide) groups is 1. The van der Waals surface area contributed by atoms with Crippen LogP contribution >= 0.6 is 24.0 Å². The smallest absolute Gasteiger partial charge is 0.266 e. The highest BCUT2D eigenvalue weighted by Gasteiger charge is 2.33. The van der Waals surface area contributed by atoms with E-state index in [1.807, 2.05) is 0 Å². The molecule has 122 valence electrons. The average Bonchev–Trinajstić information content (AvgIpc) is 2.77. The normalized spacial score (nSPS) is 16.3. The van der Waals surface area contributed by atoms with Crippen molar-refractivity contribution in [3.63, 3.8) is 0 Å². The van der Waals surface area contributed by atoms with Crippen LogP contribution in [0, 0.1) is 5.82 Å². The van der Waals surface area contributed by atoms with Gasteiger partial charge in [0.15, 0.2) is 0 Å². The van der Waals surface area contributed by atoms with Crippen LogP contribution in [0.15, 0.2) is 29.2 Å². The molecule has 1 aliphatic heterocycles. The summed E-state index contributed by atoms with van der Waals surface area (Å²) in [5, 5.41) is 11.3. The van der Waals surface area contributed by atoms with Gasteiger partial charge in [-0.2, -0.15) is 0 Å². The van der Waals surface area contributed by atoms with E-state index in [-0.39, 0.29) is 30.8 Å². The third-order valence-electron chi connectivity index (χ3n) is 3.00. The van der Waals surface area contributed by atoms with Crippen LogP contribution in [0.2, 0.25) is 0 Å². The van der Waals surface area contributed by atoms with Crippen molar-refractivity contribution < 1.29 is 19.1 Å². The molecule has 0 atom stereocenters. The number of hydrogen-bond acceptors (Lipinski definition) is 5. The van der Waals surface area contributed by atoms with Crippen molar-refractivity contribution in [3.05, 3.63) is 40.6 Å². The highest BCUT2D eigenvalue weighted by atomic mass is 32.2. The summed E-state index contributed by atoms with van der Waals surface area (Å²) in [5.41, 5.74) is 0.680. The maximum atomic E-state index is 12.9. The molecule has 0 spiro atoms. The zero-order chi connectivity index (χ0) is 16.8. The first-order valence-corrected chi connectivity index (χ1v) is 8.12. The van der Waals surface area contributed by atoms with Crippen molar-refractivity contribution in [2.24, 2.45) is 0 Å². The minimum absolute atomic E-state index is 0.0122. The monoisotopic (exact) mass is 354 g/mol. The molecule has 1 saturated heterocycles. The second-order valence-electron chi connectivity index (χ2n) is 4.75. The summed E-state index contributed by atoms with van der Waals surface area (Å²) in [6, 6.07) is 5.73. The van der Waals surface area contributed by atoms with Gasteiger partial charge < -0.3 is 10.4 Å². The molecule has 0 aromatic heterocycles. The summed E-state index contributed by atoms with van der Waals surface area (Å²) in [6.45, 7) is 0.175. The number of benzene rings is 1. The van der Waals surface area contributed by atoms with Gasteiger partial charge in [0.25, 0.3) is 5.91 Å². The van der Waals surface area contributed by atoms with Crippen molar-refractivity contribution in [3.8, 4) is 0 Å². The Morgan fingerprint density at radius 3 is 2.74 bits per heavy atom. The van der Waals surface area contributed by atoms with E-state index in [1.165, 1.54) is 17.0 Å². The standard InChI is InChI=1S/C15H15FN2O3S2/c16-11-4-2-10(3-5-11)8-12-14(21)18(15(22)23-12)9-13(20)17-6-1-7-19/h2-5,8,19H,1,6-7,9H2,(H,17,20)/b12-8-. The molecule has 1 aromatic rings. The lowest BCUT2D eigenvalue weighted by molar-refractivity contribution is -0.128. The minimum atomic E-state index is -0.353. The summed E-state index contributed by atoms with van der Waals surface area (Å²) in [6.07, 6.45) is 2.07.